The van der Waals surface area contributed by atoms with Crippen LogP contribution in [0.3, 0.4) is 0 Å². The molecule has 1 aromatic carbocycles. The van der Waals surface area contributed by atoms with E-state index >= 15 is 0 Å². The molecule has 0 radical (unpaired) electrons. The van der Waals surface area contributed by atoms with Gasteiger partial charge in [0, 0.05) is 17.5 Å². The van der Waals surface area contributed by atoms with E-state index in [2.05, 4.69) is 0 Å². The average Bonchev–Trinajstić information content (AvgIpc) is 2.80. The molecule has 0 fully saturated rings. The van der Waals surface area contributed by atoms with Crippen molar-refractivity contribution in [2.75, 3.05) is 6.54 Å². The minimum atomic E-state index is -0.929. The van der Waals surface area contributed by atoms with Gasteiger partial charge in [-0.15, -0.1) is 0 Å². The van der Waals surface area contributed by atoms with E-state index in [1.54, 1.807) is 12.1 Å². The third-order valence-corrected chi connectivity index (χ3v) is 3.24. The van der Waals surface area contributed by atoms with E-state index in [9.17, 15) is 9.59 Å². The van der Waals surface area contributed by atoms with Crippen LogP contribution in [0.15, 0.2) is 34.7 Å². The third-order valence-electron chi connectivity index (χ3n) is 3.24. The molecule has 2 aromatic rings. The SMILES string of the molecule is CC(C)(C)N(CCC(=O)O)C(=O)c1cc2ccccc2o1. The monoisotopic (exact) mass is 289 g/mol. The Balaban J connectivity index is 2.30. The predicted molar refractivity (Wildman–Crippen MR) is 79.3 cm³/mol. The molecule has 1 heterocycles. The number of hydrogen-bond donors (Lipinski definition) is 1. The van der Waals surface area contributed by atoms with Crippen molar-refractivity contribution in [3.8, 4) is 0 Å². The minimum Gasteiger partial charge on any atom is -0.481 e. The van der Waals surface area contributed by atoms with Crippen LogP contribution in [0.25, 0.3) is 11.0 Å². The number of carboxylic acid groups (broad SMARTS) is 1. The van der Waals surface area contributed by atoms with Crippen molar-refractivity contribution < 1.29 is 19.1 Å². The lowest BCUT2D eigenvalue weighted by atomic mass is 10.0. The molecule has 1 N–H and O–H groups in total. The third kappa shape index (κ3) is 3.42. The van der Waals surface area contributed by atoms with Gasteiger partial charge in [-0.3, -0.25) is 9.59 Å². The Labute approximate surface area is 123 Å². The van der Waals surface area contributed by atoms with E-state index in [-0.39, 0.29) is 24.6 Å². The molecule has 0 unspecified atom stereocenters. The highest BCUT2D eigenvalue weighted by atomic mass is 16.4. The fourth-order valence-electron chi connectivity index (χ4n) is 2.17. The first kappa shape index (κ1) is 15.1. The second kappa shape index (κ2) is 5.60. The van der Waals surface area contributed by atoms with Gasteiger partial charge in [0.25, 0.3) is 5.91 Å². The molecule has 0 aliphatic heterocycles. The maximum atomic E-state index is 12.6. The van der Waals surface area contributed by atoms with E-state index in [1.807, 2.05) is 39.0 Å². The summed E-state index contributed by atoms with van der Waals surface area (Å²) < 4.78 is 5.57. The molecule has 0 aliphatic rings. The van der Waals surface area contributed by atoms with Gasteiger partial charge in [-0.05, 0) is 32.9 Å². The summed E-state index contributed by atoms with van der Waals surface area (Å²) in [4.78, 5) is 24.9. The molecule has 0 atom stereocenters. The number of para-hydroxylation sites is 1. The lowest BCUT2D eigenvalue weighted by Crippen LogP contribution is -2.46. The lowest BCUT2D eigenvalue weighted by molar-refractivity contribution is -0.137. The molecule has 112 valence electrons. The molecule has 0 aliphatic carbocycles. The van der Waals surface area contributed by atoms with Crippen molar-refractivity contribution >= 4 is 22.8 Å². The van der Waals surface area contributed by atoms with E-state index in [0.29, 0.717) is 5.58 Å². The van der Waals surface area contributed by atoms with Crippen LogP contribution in [-0.2, 0) is 4.79 Å². The summed E-state index contributed by atoms with van der Waals surface area (Å²) in [6.07, 6.45) is -0.0940. The molecule has 2 rings (SSSR count). The Morgan fingerprint density at radius 2 is 1.90 bits per heavy atom. The molecule has 0 bridgehead atoms. The largest absolute Gasteiger partial charge is 0.481 e. The first-order valence-corrected chi connectivity index (χ1v) is 6.81. The molecular weight excluding hydrogens is 270 g/mol. The van der Waals surface area contributed by atoms with Crippen LogP contribution >= 0.6 is 0 Å². The summed E-state index contributed by atoms with van der Waals surface area (Å²) in [6, 6.07) is 9.07. The molecule has 5 heteroatoms. The van der Waals surface area contributed by atoms with Crippen molar-refractivity contribution in [1.82, 2.24) is 4.90 Å². The van der Waals surface area contributed by atoms with Gasteiger partial charge < -0.3 is 14.4 Å². The second-order valence-electron chi connectivity index (χ2n) is 5.92. The normalized spacial score (nSPS) is 11.6. The van der Waals surface area contributed by atoms with Gasteiger partial charge in [0.1, 0.15) is 5.58 Å². The maximum absolute atomic E-state index is 12.6. The van der Waals surface area contributed by atoms with Crippen LogP contribution in [-0.4, -0.2) is 34.0 Å². The molecule has 21 heavy (non-hydrogen) atoms. The molecule has 1 amide bonds. The van der Waals surface area contributed by atoms with E-state index in [1.165, 1.54) is 4.90 Å². The topological polar surface area (TPSA) is 70.8 Å². The molecule has 0 saturated heterocycles. The Hall–Kier alpha value is -2.30. The van der Waals surface area contributed by atoms with Crippen LogP contribution < -0.4 is 0 Å². The quantitative estimate of drug-likeness (QED) is 0.938. The number of nitrogens with zero attached hydrogens (tertiary/aromatic N) is 1. The summed E-state index contributed by atoms with van der Waals surface area (Å²) in [6.45, 7) is 5.76. The molecule has 1 aromatic heterocycles. The molecule has 0 saturated carbocycles. The molecule has 5 nitrogen and oxygen atoms in total. The Morgan fingerprint density at radius 1 is 1.24 bits per heavy atom. The molecular formula is C16H19NO4. The highest BCUT2D eigenvalue weighted by Gasteiger charge is 2.29. The van der Waals surface area contributed by atoms with Crippen molar-refractivity contribution in [1.29, 1.82) is 0 Å². The van der Waals surface area contributed by atoms with Gasteiger partial charge in [0.15, 0.2) is 5.76 Å². The fraction of sp³-hybridized carbons (Fsp3) is 0.375. The van der Waals surface area contributed by atoms with Crippen LogP contribution in [0.5, 0.6) is 0 Å². The number of furan rings is 1. The number of benzene rings is 1. The van der Waals surface area contributed by atoms with Gasteiger partial charge in [-0.2, -0.15) is 0 Å². The molecule has 0 spiro atoms. The number of rotatable bonds is 4. The Bertz CT molecular complexity index is 633. The van der Waals surface area contributed by atoms with E-state index in [4.69, 9.17) is 9.52 Å². The number of fused-ring (bicyclic) bond motifs is 1. The van der Waals surface area contributed by atoms with Crippen LogP contribution in [0.1, 0.15) is 37.7 Å². The zero-order valence-electron chi connectivity index (χ0n) is 12.4. The Morgan fingerprint density at radius 3 is 2.48 bits per heavy atom. The summed E-state index contributed by atoms with van der Waals surface area (Å²) in [5, 5.41) is 9.69. The van der Waals surface area contributed by atoms with Gasteiger partial charge >= 0.3 is 5.97 Å². The van der Waals surface area contributed by atoms with Crippen molar-refractivity contribution in [2.24, 2.45) is 0 Å². The fourth-order valence-corrected chi connectivity index (χ4v) is 2.17. The number of carboxylic acids is 1. The van der Waals surface area contributed by atoms with Gasteiger partial charge in [-0.25, -0.2) is 0 Å². The van der Waals surface area contributed by atoms with Crippen LogP contribution in [0.2, 0.25) is 0 Å². The van der Waals surface area contributed by atoms with Crippen molar-refractivity contribution in [3.05, 3.63) is 36.1 Å². The Kier molecular flexibility index (Phi) is 4.02. The first-order chi connectivity index (χ1) is 9.79. The van der Waals surface area contributed by atoms with E-state index < -0.39 is 11.5 Å². The predicted octanol–water partition coefficient (Wildman–Crippen LogP) is 3.15. The summed E-state index contributed by atoms with van der Waals surface area (Å²) in [7, 11) is 0. The van der Waals surface area contributed by atoms with Crippen LogP contribution in [0, 0.1) is 0 Å². The zero-order valence-corrected chi connectivity index (χ0v) is 12.4. The van der Waals surface area contributed by atoms with Gasteiger partial charge in [0.05, 0.1) is 6.42 Å². The van der Waals surface area contributed by atoms with Gasteiger partial charge in [-0.1, -0.05) is 18.2 Å². The van der Waals surface area contributed by atoms with Crippen molar-refractivity contribution in [2.45, 2.75) is 32.7 Å². The summed E-state index contributed by atoms with van der Waals surface area (Å²) >= 11 is 0. The van der Waals surface area contributed by atoms with E-state index in [0.717, 1.165) is 5.39 Å². The van der Waals surface area contributed by atoms with Crippen LogP contribution in [0.4, 0.5) is 0 Å². The standard InChI is InChI=1S/C16H19NO4/c1-16(2,3)17(9-8-14(18)19)15(20)13-10-11-6-4-5-7-12(11)21-13/h4-7,10H,8-9H2,1-3H3,(H,18,19). The smallest absolute Gasteiger partial charge is 0.305 e. The van der Waals surface area contributed by atoms with Gasteiger partial charge in [0.2, 0.25) is 0 Å². The zero-order chi connectivity index (χ0) is 15.6. The highest BCUT2D eigenvalue weighted by molar-refractivity contribution is 5.96. The first-order valence-electron chi connectivity index (χ1n) is 6.81. The second-order valence-corrected chi connectivity index (χ2v) is 5.92. The average molecular weight is 289 g/mol. The summed E-state index contributed by atoms with van der Waals surface area (Å²) in [5.74, 6) is -0.988. The maximum Gasteiger partial charge on any atom is 0.305 e. The lowest BCUT2D eigenvalue weighted by Gasteiger charge is -2.34. The summed E-state index contributed by atoms with van der Waals surface area (Å²) in [5.41, 5.74) is 0.166. The highest BCUT2D eigenvalue weighted by Crippen LogP contribution is 2.23. The van der Waals surface area contributed by atoms with Crippen molar-refractivity contribution in [3.63, 3.8) is 0 Å². The number of aliphatic carboxylic acids is 1. The number of carbonyl (C=O) groups is 2. The number of amides is 1. The minimum absolute atomic E-state index is 0.0940. The number of hydrogen-bond acceptors (Lipinski definition) is 3. The number of carbonyl (C=O) groups excluding carboxylic acids is 1.